The van der Waals surface area contributed by atoms with Crippen LogP contribution in [0.3, 0.4) is 0 Å². The van der Waals surface area contributed by atoms with Gasteiger partial charge in [-0.05, 0) is 59.4 Å². The highest BCUT2D eigenvalue weighted by Gasteiger charge is 2.29. The summed E-state index contributed by atoms with van der Waals surface area (Å²) >= 11 is 0. The molecule has 1 amide bonds. The molecule has 4 heteroatoms. The minimum Gasteiger partial charge on any atom is -0.279 e. The first-order chi connectivity index (χ1) is 14.8. The molecule has 0 spiro atoms. The molecular formula is C26H21N3O. The summed E-state index contributed by atoms with van der Waals surface area (Å²) in [4.78, 5) is 23.0. The Kier molecular flexibility index (Phi) is 4.81. The van der Waals surface area contributed by atoms with Gasteiger partial charge < -0.3 is 0 Å². The number of nitrogens with zero attached hydrogens (tertiary/aromatic N) is 3. The number of aryl methyl sites for hydroxylation is 2. The Morgan fingerprint density at radius 1 is 0.767 bits per heavy atom. The monoisotopic (exact) mass is 391 g/mol. The number of benzene rings is 2. The summed E-state index contributed by atoms with van der Waals surface area (Å²) in [6.45, 7) is 0. The number of amides is 1. The lowest BCUT2D eigenvalue weighted by Gasteiger charge is -2.18. The van der Waals surface area contributed by atoms with E-state index in [0.717, 1.165) is 40.9 Å². The van der Waals surface area contributed by atoms with Gasteiger partial charge in [-0.15, -0.1) is 0 Å². The van der Waals surface area contributed by atoms with Crippen molar-refractivity contribution in [3.8, 4) is 11.1 Å². The highest BCUT2D eigenvalue weighted by atomic mass is 16.2. The molecule has 1 aliphatic heterocycles. The molecule has 0 aliphatic carbocycles. The molecule has 3 heterocycles. The number of pyridine rings is 2. The van der Waals surface area contributed by atoms with Gasteiger partial charge in [0, 0.05) is 24.2 Å². The summed E-state index contributed by atoms with van der Waals surface area (Å²) in [6.07, 6.45) is 9.61. The third kappa shape index (κ3) is 3.60. The Hall–Kier alpha value is -3.79. The maximum atomic E-state index is 12.6. The topological polar surface area (TPSA) is 46.1 Å². The lowest BCUT2D eigenvalue weighted by molar-refractivity contribution is -0.116. The minimum atomic E-state index is 0.0740. The van der Waals surface area contributed by atoms with E-state index < -0.39 is 0 Å². The first-order valence-electron chi connectivity index (χ1n) is 10.1. The van der Waals surface area contributed by atoms with E-state index in [9.17, 15) is 4.79 Å². The summed E-state index contributed by atoms with van der Waals surface area (Å²) in [5.41, 5.74) is 7.43. The average molecular weight is 391 g/mol. The number of carbonyl (C=O) groups excluding carboxylic acids is 1. The van der Waals surface area contributed by atoms with Gasteiger partial charge in [-0.3, -0.25) is 19.7 Å². The van der Waals surface area contributed by atoms with E-state index in [0.29, 0.717) is 6.42 Å². The SMILES string of the molecule is O=C1Cc2ccc(-c3cncc(CCc4ccccc4)c3)cc2N1c1cccnc1. The van der Waals surface area contributed by atoms with E-state index in [2.05, 4.69) is 58.5 Å². The number of carbonyl (C=O) groups is 1. The molecule has 5 rings (SSSR count). The fourth-order valence-corrected chi connectivity index (χ4v) is 3.96. The van der Waals surface area contributed by atoms with Crippen LogP contribution < -0.4 is 4.90 Å². The zero-order chi connectivity index (χ0) is 20.3. The standard InChI is InChI=1S/C26H21N3O/c30-26-15-22-11-10-21(14-25(22)29(26)24-7-4-12-27-18-24)23-13-20(16-28-17-23)9-8-19-5-2-1-3-6-19/h1-7,10-14,16-18H,8-9,15H2. The van der Waals surface area contributed by atoms with Crippen molar-refractivity contribution in [2.75, 3.05) is 4.90 Å². The van der Waals surface area contributed by atoms with Crippen LogP contribution in [0, 0.1) is 0 Å². The van der Waals surface area contributed by atoms with E-state index in [1.807, 2.05) is 30.6 Å². The second-order valence-electron chi connectivity index (χ2n) is 7.53. The molecule has 146 valence electrons. The number of aromatic nitrogens is 2. The van der Waals surface area contributed by atoms with Crippen molar-refractivity contribution in [3.63, 3.8) is 0 Å². The Bertz CT molecular complexity index is 1190. The molecule has 0 bridgehead atoms. The van der Waals surface area contributed by atoms with Gasteiger partial charge in [0.25, 0.3) is 0 Å². The van der Waals surface area contributed by atoms with Gasteiger partial charge in [0.2, 0.25) is 5.91 Å². The van der Waals surface area contributed by atoms with Crippen molar-refractivity contribution in [1.82, 2.24) is 9.97 Å². The number of anilines is 2. The molecule has 30 heavy (non-hydrogen) atoms. The van der Waals surface area contributed by atoms with Crippen LogP contribution in [0.25, 0.3) is 11.1 Å². The summed E-state index contributed by atoms with van der Waals surface area (Å²) < 4.78 is 0. The van der Waals surface area contributed by atoms with E-state index in [4.69, 9.17) is 0 Å². The largest absolute Gasteiger partial charge is 0.279 e. The highest BCUT2D eigenvalue weighted by Crippen LogP contribution is 2.37. The molecule has 0 N–H and O–H groups in total. The lowest BCUT2D eigenvalue weighted by atomic mass is 10.00. The second-order valence-corrected chi connectivity index (χ2v) is 7.53. The van der Waals surface area contributed by atoms with Crippen LogP contribution in [-0.2, 0) is 24.1 Å². The van der Waals surface area contributed by atoms with Crippen LogP contribution in [0.1, 0.15) is 16.7 Å². The number of fused-ring (bicyclic) bond motifs is 1. The average Bonchev–Trinajstić information content (AvgIpc) is 3.14. The number of hydrogen-bond donors (Lipinski definition) is 0. The van der Waals surface area contributed by atoms with Crippen LogP contribution in [0.2, 0.25) is 0 Å². The van der Waals surface area contributed by atoms with Gasteiger partial charge >= 0.3 is 0 Å². The Morgan fingerprint density at radius 2 is 1.63 bits per heavy atom. The minimum absolute atomic E-state index is 0.0740. The molecule has 4 aromatic rings. The molecule has 0 atom stereocenters. The Morgan fingerprint density at radius 3 is 2.47 bits per heavy atom. The predicted molar refractivity (Wildman–Crippen MR) is 119 cm³/mol. The van der Waals surface area contributed by atoms with Gasteiger partial charge in [0.05, 0.1) is 24.0 Å². The zero-order valence-electron chi connectivity index (χ0n) is 16.5. The van der Waals surface area contributed by atoms with Gasteiger partial charge in [0.15, 0.2) is 0 Å². The van der Waals surface area contributed by atoms with Crippen molar-refractivity contribution >= 4 is 17.3 Å². The van der Waals surface area contributed by atoms with E-state index in [1.54, 1.807) is 17.3 Å². The van der Waals surface area contributed by atoms with Crippen LogP contribution in [0.15, 0.2) is 91.5 Å². The van der Waals surface area contributed by atoms with Crippen molar-refractivity contribution in [3.05, 3.63) is 108 Å². The van der Waals surface area contributed by atoms with Crippen LogP contribution >= 0.6 is 0 Å². The molecule has 2 aromatic carbocycles. The van der Waals surface area contributed by atoms with Gasteiger partial charge in [-0.1, -0.05) is 42.5 Å². The van der Waals surface area contributed by atoms with Gasteiger partial charge in [0.1, 0.15) is 0 Å². The Labute approximate surface area is 175 Å². The molecule has 4 nitrogen and oxygen atoms in total. The van der Waals surface area contributed by atoms with E-state index >= 15 is 0 Å². The summed E-state index contributed by atoms with van der Waals surface area (Å²) in [7, 11) is 0. The van der Waals surface area contributed by atoms with Gasteiger partial charge in [-0.2, -0.15) is 0 Å². The fraction of sp³-hybridized carbons (Fsp3) is 0.115. The molecular weight excluding hydrogens is 370 g/mol. The Balaban J connectivity index is 1.43. The molecule has 0 saturated carbocycles. The number of hydrogen-bond acceptors (Lipinski definition) is 3. The molecule has 0 radical (unpaired) electrons. The summed E-state index contributed by atoms with van der Waals surface area (Å²) in [6, 6.07) is 22.7. The molecule has 2 aromatic heterocycles. The van der Waals surface area contributed by atoms with E-state index in [1.165, 1.54) is 11.1 Å². The van der Waals surface area contributed by atoms with Crippen molar-refractivity contribution < 1.29 is 4.79 Å². The fourth-order valence-electron chi connectivity index (χ4n) is 3.96. The van der Waals surface area contributed by atoms with Crippen molar-refractivity contribution in [2.45, 2.75) is 19.3 Å². The predicted octanol–water partition coefficient (Wildman–Crippen LogP) is 5.15. The summed E-state index contributed by atoms with van der Waals surface area (Å²) in [5, 5.41) is 0. The van der Waals surface area contributed by atoms with Crippen LogP contribution in [0.5, 0.6) is 0 Å². The second kappa shape index (κ2) is 7.91. The third-order valence-electron chi connectivity index (χ3n) is 5.49. The molecule has 0 unspecified atom stereocenters. The van der Waals surface area contributed by atoms with E-state index in [-0.39, 0.29) is 5.91 Å². The molecule has 0 saturated heterocycles. The third-order valence-corrected chi connectivity index (χ3v) is 5.49. The summed E-state index contributed by atoms with van der Waals surface area (Å²) in [5.74, 6) is 0.0740. The highest BCUT2D eigenvalue weighted by molar-refractivity contribution is 6.07. The molecule has 0 fully saturated rings. The quantitative estimate of drug-likeness (QED) is 0.473. The first kappa shape index (κ1) is 18.3. The molecule has 1 aliphatic rings. The first-order valence-corrected chi connectivity index (χ1v) is 10.1. The van der Waals surface area contributed by atoms with Crippen LogP contribution in [0.4, 0.5) is 11.4 Å². The van der Waals surface area contributed by atoms with Crippen LogP contribution in [-0.4, -0.2) is 15.9 Å². The maximum Gasteiger partial charge on any atom is 0.236 e. The van der Waals surface area contributed by atoms with Crippen molar-refractivity contribution in [1.29, 1.82) is 0 Å². The smallest absolute Gasteiger partial charge is 0.236 e. The lowest BCUT2D eigenvalue weighted by Crippen LogP contribution is -2.20. The maximum absolute atomic E-state index is 12.6. The van der Waals surface area contributed by atoms with Crippen molar-refractivity contribution in [2.24, 2.45) is 0 Å². The van der Waals surface area contributed by atoms with Gasteiger partial charge in [-0.25, -0.2) is 0 Å². The zero-order valence-corrected chi connectivity index (χ0v) is 16.5. The number of rotatable bonds is 5. The normalized spacial score (nSPS) is 12.8.